The highest BCUT2D eigenvalue weighted by Crippen LogP contribution is 2.50. The Balaban J connectivity index is 2.34. The summed E-state index contributed by atoms with van der Waals surface area (Å²) in [6.07, 6.45) is 0. The largest absolute Gasteiger partial charge is 0.480 e. The van der Waals surface area contributed by atoms with Crippen LogP contribution in [0.25, 0.3) is 0 Å². The second kappa shape index (κ2) is 7.08. The zero-order valence-corrected chi connectivity index (χ0v) is 15.5. The number of benzene rings is 2. The molecule has 4 atom stereocenters. The number of halogens is 4. The lowest BCUT2D eigenvalue weighted by atomic mass is 9.65. The fourth-order valence-electron chi connectivity index (χ4n) is 3.88. The number of hydrogen-bond acceptors (Lipinski definition) is 3. The van der Waals surface area contributed by atoms with E-state index in [2.05, 4.69) is 11.4 Å². The minimum atomic E-state index is -1.69. The van der Waals surface area contributed by atoms with Gasteiger partial charge in [-0.25, -0.2) is 8.78 Å². The minimum Gasteiger partial charge on any atom is -0.480 e. The molecule has 0 unspecified atom stereocenters. The molecule has 0 saturated carbocycles. The minimum absolute atomic E-state index is 0.0532. The Hall–Kier alpha value is -2.20. The second-order valence-electron chi connectivity index (χ2n) is 6.43. The van der Waals surface area contributed by atoms with Crippen LogP contribution in [0, 0.1) is 23.0 Å². The molecule has 1 aliphatic rings. The average molecular weight is 411 g/mol. The molecule has 4 nitrogen and oxygen atoms in total. The van der Waals surface area contributed by atoms with Crippen LogP contribution in [0.2, 0.25) is 10.0 Å². The molecule has 0 aromatic heterocycles. The quantitative estimate of drug-likeness (QED) is 0.792. The van der Waals surface area contributed by atoms with Crippen LogP contribution in [0.4, 0.5) is 8.78 Å². The third-order valence-corrected chi connectivity index (χ3v) is 5.61. The van der Waals surface area contributed by atoms with Gasteiger partial charge in [0.2, 0.25) is 0 Å². The van der Waals surface area contributed by atoms with E-state index in [-0.39, 0.29) is 21.2 Å². The maximum atomic E-state index is 14.8. The first-order valence-corrected chi connectivity index (χ1v) is 8.79. The van der Waals surface area contributed by atoms with Gasteiger partial charge in [0.25, 0.3) is 0 Å². The van der Waals surface area contributed by atoms with E-state index in [0.717, 1.165) is 6.07 Å². The van der Waals surface area contributed by atoms with Crippen molar-refractivity contribution in [3.05, 3.63) is 69.2 Å². The SMILES string of the molecule is C[C@H]1N[C@@H](C(=O)O)[C@H](c2cccc(Cl)c2F)[C@@]1(C#N)c1ccc(Cl)cc1F. The number of nitrogens with one attached hydrogen (secondary N) is 1. The van der Waals surface area contributed by atoms with Gasteiger partial charge in [-0.3, -0.25) is 10.1 Å². The van der Waals surface area contributed by atoms with Crippen molar-refractivity contribution >= 4 is 29.2 Å². The smallest absolute Gasteiger partial charge is 0.321 e. The van der Waals surface area contributed by atoms with Crippen LogP contribution >= 0.6 is 23.2 Å². The maximum Gasteiger partial charge on any atom is 0.321 e. The Bertz CT molecular complexity index is 963. The zero-order valence-electron chi connectivity index (χ0n) is 14.0. The summed E-state index contributed by atoms with van der Waals surface area (Å²) in [4.78, 5) is 11.9. The van der Waals surface area contributed by atoms with Crippen molar-refractivity contribution in [3.8, 4) is 6.07 Å². The van der Waals surface area contributed by atoms with Gasteiger partial charge in [0.15, 0.2) is 0 Å². The highest BCUT2D eigenvalue weighted by molar-refractivity contribution is 6.31. The summed E-state index contributed by atoms with van der Waals surface area (Å²) in [6, 6.07) is 7.89. The van der Waals surface area contributed by atoms with Crippen LogP contribution in [0.3, 0.4) is 0 Å². The van der Waals surface area contributed by atoms with Crippen LogP contribution in [0.5, 0.6) is 0 Å². The van der Waals surface area contributed by atoms with E-state index in [0.29, 0.717) is 0 Å². The molecule has 8 heteroatoms. The summed E-state index contributed by atoms with van der Waals surface area (Å²) < 4.78 is 29.6. The predicted molar refractivity (Wildman–Crippen MR) is 96.9 cm³/mol. The van der Waals surface area contributed by atoms with Crippen molar-refractivity contribution in [3.63, 3.8) is 0 Å². The zero-order chi connectivity index (χ0) is 19.9. The lowest BCUT2D eigenvalue weighted by Gasteiger charge is -2.33. The van der Waals surface area contributed by atoms with Gasteiger partial charge in [-0.05, 0) is 30.7 Å². The Morgan fingerprint density at radius 2 is 2.00 bits per heavy atom. The van der Waals surface area contributed by atoms with Crippen molar-refractivity contribution in [2.75, 3.05) is 0 Å². The van der Waals surface area contributed by atoms with Gasteiger partial charge in [-0.1, -0.05) is 41.4 Å². The highest BCUT2D eigenvalue weighted by Gasteiger charge is 2.59. The van der Waals surface area contributed by atoms with Crippen molar-refractivity contribution in [1.82, 2.24) is 5.32 Å². The standard InChI is InChI=1S/C19H14Cl2F2N2O2/c1-9-19(8-24,12-6-5-10(20)7-14(12)22)15(17(25-9)18(26)27)11-3-2-4-13(21)16(11)23/h2-7,9,15,17,25H,1H3,(H,26,27)/t9-,15+,17-,19-/m1/s1. The van der Waals surface area contributed by atoms with E-state index in [1.54, 1.807) is 6.92 Å². The third-order valence-electron chi connectivity index (χ3n) is 5.08. The Labute approximate surface area is 164 Å². The van der Waals surface area contributed by atoms with Gasteiger partial charge in [-0.2, -0.15) is 5.26 Å². The molecule has 0 bridgehead atoms. The normalized spacial score (nSPS) is 27.3. The molecule has 1 fully saturated rings. The molecule has 140 valence electrons. The van der Waals surface area contributed by atoms with Crippen LogP contribution in [0.1, 0.15) is 24.0 Å². The molecule has 27 heavy (non-hydrogen) atoms. The lowest BCUT2D eigenvalue weighted by molar-refractivity contribution is -0.139. The molecule has 2 aromatic carbocycles. The Kier molecular flexibility index (Phi) is 5.13. The second-order valence-corrected chi connectivity index (χ2v) is 7.27. The van der Waals surface area contributed by atoms with Crippen molar-refractivity contribution in [2.45, 2.75) is 30.3 Å². The molecule has 3 rings (SSSR count). The third kappa shape index (κ3) is 2.96. The average Bonchev–Trinajstić information content (AvgIpc) is 2.91. The van der Waals surface area contributed by atoms with Crippen molar-refractivity contribution in [2.24, 2.45) is 0 Å². The van der Waals surface area contributed by atoms with Crippen LogP contribution < -0.4 is 5.32 Å². The fourth-order valence-corrected chi connectivity index (χ4v) is 4.22. The van der Waals surface area contributed by atoms with Crippen molar-refractivity contribution < 1.29 is 18.7 Å². The molecule has 1 aliphatic heterocycles. The monoisotopic (exact) mass is 410 g/mol. The lowest BCUT2D eigenvalue weighted by Crippen LogP contribution is -2.40. The number of rotatable bonds is 3. The van der Waals surface area contributed by atoms with E-state index in [9.17, 15) is 23.9 Å². The van der Waals surface area contributed by atoms with Crippen LogP contribution in [-0.4, -0.2) is 23.2 Å². The van der Waals surface area contributed by atoms with Gasteiger partial charge >= 0.3 is 5.97 Å². The summed E-state index contributed by atoms with van der Waals surface area (Å²) >= 11 is 11.7. The Morgan fingerprint density at radius 1 is 1.30 bits per heavy atom. The first-order valence-electron chi connectivity index (χ1n) is 8.03. The van der Waals surface area contributed by atoms with E-state index in [4.69, 9.17) is 23.2 Å². The molecule has 2 N–H and O–H groups in total. The summed E-state index contributed by atoms with van der Waals surface area (Å²) in [5, 5.41) is 22.5. The summed E-state index contributed by atoms with van der Waals surface area (Å²) in [5.74, 6) is -4.10. The number of aliphatic carboxylic acids is 1. The molecule has 0 spiro atoms. The summed E-state index contributed by atoms with van der Waals surface area (Å²) in [7, 11) is 0. The van der Waals surface area contributed by atoms with E-state index < -0.39 is 41.0 Å². The first kappa shape index (κ1) is 19.6. The first-order chi connectivity index (χ1) is 12.7. The number of nitrogens with zero attached hydrogens (tertiary/aromatic N) is 1. The van der Waals surface area contributed by atoms with E-state index in [1.807, 2.05) is 0 Å². The molecule has 1 saturated heterocycles. The fraction of sp³-hybridized carbons (Fsp3) is 0.263. The topological polar surface area (TPSA) is 73.1 Å². The predicted octanol–water partition coefficient (Wildman–Crippen LogP) is 4.26. The molecule has 2 aromatic rings. The number of carbonyl (C=O) groups is 1. The highest BCUT2D eigenvalue weighted by atomic mass is 35.5. The molecular weight excluding hydrogens is 397 g/mol. The maximum absolute atomic E-state index is 14.8. The molecular formula is C19H14Cl2F2N2O2. The van der Waals surface area contributed by atoms with E-state index >= 15 is 0 Å². The molecule has 0 amide bonds. The van der Waals surface area contributed by atoms with Gasteiger partial charge in [0, 0.05) is 22.5 Å². The molecule has 1 heterocycles. The van der Waals surface area contributed by atoms with Crippen LogP contribution in [0.15, 0.2) is 36.4 Å². The molecule has 0 aliphatic carbocycles. The number of carboxylic acid groups (broad SMARTS) is 1. The number of carboxylic acids is 1. The van der Waals surface area contributed by atoms with Gasteiger partial charge in [-0.15, -0.1) is 0 Å². The summed E-state index contributed by atoms with van der Waals surface area (Å²) in [5.41, 5.74) is -1.81. The van der Waals surface area contributed by atoms with Gasteiger partial charge < -0.3 is 5.11 Å². The van der Waals surface area contributed by atoms with Crippen LogP contribution in [-0.2, 0) is 10.2 Å². The van der Waals surface area contributed by atoms with Gasteiger partial charge in [0.1, 0.15) is 23.1 Å². The number of hydrogen-bond donors (Lipinski definition) is 2. The van der Waals surface area contributed by atoms with Gasteiger partial charge in [0.05, 0.1) is 11.1 Å². The number of nitriles is 1. The van der Waals surface area contributed by atoms with E-state index in [1.165, 1.54) is 30.3 Å². The Morgan fingerprint density at radius 3 is 2.59 bits per heavy atom. The van der Waals surface area contributed by atoms with Crippen molar-refractivity contribution in [1.29, 1.82) is 5.26 Å². The summed E-state index contributed by atoms with van der Waals surface area (Å²) in [6.45, 7) is 1.57. The molecule has 0 radical (unpaired) electrons.